The van der Waals surface area contributed by atoms with Gasteiger partial charge in [0.05, 0.1) is 5.92 Å². The highest BCUT2D eigenvalue weighted by Crippen LogP contribution is 2.27. The summed E-state index contributed by atoms with van der Waals surface area (Å²) < 4.78 is 0. The van der Waals surface area contributed by atoms with Crippen molar-refractivity contribution >= 4 is 17.8 Å². The summed E-state index contributed by atoms with van der Waals surface area (Å²) in [4.78, 5) is 27.5. The summed E-state index contributed by atoms with van der Waals surface area (Å²) in [6.07, 6.45) is 4.07. The maximum absolute atomic E-state index is 12.1. The lowest BCUT2D eigenvalue weighted by atomic mass is 9.84. The molecule has 0 aromatic carbocycles. The average molecular weight is 320 g/mol. The third kappa shape index (κ3) is 4.30. The van der Waals surface area contributed by atoms with Crippen molar-refractivity contribution in [3.8, 4) is 0 Å². The third-order valence-electron chi connectivity index (χ3n) is 4.22. The minimum atomic E-state index is -0.0316. The number of nitrogens with zero attached hydrogens (tertiary/aromatic N) is 4. The number of nitrogens with one attached hydrogen (secondary N) is 2. The van der Waals surface area contributed by atoms with Crippen molar-refractivity contribution in [3.63, 3.8) is 0 Å². The zero-order valence-corrected chi connectivity index (χ0v) is 14.8. The Bertz CT molecular complexity index is 519. The van der Waals surface area contributed by atoms with Crippen molar-refractivity contribution in [2.75, 3.05) is 31.4 Å². The Morgan fingerprint density at radius 2 is 1.87 bits per heavy atom. The monoisotopic (exact) mass is 320 g/mol. The molecular weight excluding hydrogens is 292 g/mol. The SMILES string of the molecule is CNC(=O)C1CCCCC1Nc1nc(C(C)C)nc(N(C)C)n1. The summed E-state index contributed by atoms with van der Waals surface area (Å²) in [5, 5.41) is 6.16. The average Bonchev–Trinajstić information content (AvgIpc) is 2.54. The van der Waals surface area contributed by atoms with E-state index in [1.54, 1.807) is 7.05 Å². The number of aromatic nitrogens is 3. The van der Waals surface area contributed by atoms with E-state index in [1.807, 2.05) is 19.0 Å². The fourth-order valence-electron chi connectivity index (χ4n) is 2.87. The molecule has 2 unspecified atom stereocenters. The number of amides is 1. The molecule has 1 fully saturated rings. The summed E-state index contributed by atoms with van der Waals surface area (Å²) in [5.74, 6) is 2.24. The molecule has 2 rings (SSSR count). The number of hydrogen-bond donors (Lipinski definition) is 2. The van der Waals surface area contributed by atoms with Crippen LogP contribution in [0.5, 0.6) is 0 Å². The number of hydrogen-bond acceptors (Lipinski definition) is 6. The molecule has 0 bridgehead atoms. The second kappa shape index (κ2) is 7.57. The molecule has 1 aromatic rings. The molecule has 0 radical (unpaired) electrons. The van der Waals surface area contributed by atoms with Gasteiger partial charge in [-0.25, -0.2) is 0 Å². The van der Waals surface area contributed by atoms with Crippen molar-refractivity contribution in [3.05, 3.63) is 5.82 Å². The van der Waals surface area contributed by atoms with Crippen molar-refractivity contribution in [2.45, 2.75) is 51.5 Å². The van der Waals surface area contributed by atoms with Crippen LogP contribution in [-0.4, -0.2) is 48.0 Å². The summed E-state index contributed by atoms with van der Waals surface area (Å²) in [6.45, 7) is 4.12. The Morgan fingerprint density at radius 3 is 2.48 bits per heavy atom. The second-order valence-corrected chi connectivity index (χ2v) is 6.62. The molecule has 1 heterocycles. The van der Waals surface area contributed by atoms with Crippen LogP contribution in [0.2, 0.25) is 0 Å². The van der Waals surface area contributed by atoms with E-state index < -0.39 is 0 Å². The van der Waals surface area contributed by atoms with Gasteiger partial charge in [-0.2, -0.15) is 15.0 Å². The van der Waals surface area contributed by atoms with Crippen LogP contribution in [0, 0.1) is 5.92 Å². The first kappa shape index (κ1) is 17.4. The molecule has 0 spiro atoms. The van der Waals surface area contributed by atoms with E-state index in [2.05, 4.69) is 39.4 Å². The van der Waals surface area contributed by atoms with Gasteiger partial charge in [-0.1, -0.05) is 26.7 Å². The number of anilines is 2. The van der Waals surface area contributed by atoms with E-state index in [-0.39, 0.29) is 23.8 Å². The normalized spacial score (nSPS) is 21.1. The van der Waals surface area contributed by atoms with Gasteiger partial charge < -0.3 is 15.5 Å². The molecule has 23 heavy (non-hydrogen) atoms. The first-order valence-corrected chi connectivity index (χ1v) is 8.33. The molecule has 2 atom stereocenters. The van der Waals surface area contributed by atoms with Gasteiger partial charge in [0.1, 0.15) is 5.82 Å². The van der Waals surface area contributed by atoms with Gasteiger partial charge in [0.25, 0.3) is 0 Å². The fourth-order valence-corrected chi connectivity index (χ4v) is 2.87. The largest absolute Gasteiger partial charge is 0.359 e. The summed E-state index contributed by atoms with van der Waals surface area (Å²) in [7, 11) is 5.52. The zero-order valence-electron chi connectivity index (χ0n) is 14.8. The minimum absolute atomic E-state index is 0.0316. The third-order valence-corrected chi connectivity index (χ3v) is 4.22. The number of carbonyl (C=O) groups excluding carboxylic acids is 1. The van der Waals surface area contributed by atoms with Gasteiger partial charge >= 0.3 is 0 Å². The smallest absolute Gasteiger partial charge is 0.229 e. The van der Waals surface area contributed by atoms with Crippen molar-refractivity contribution in [2.24, 2.45) is 5.92 Å². The molecule has 2 N–H and O–H groups in total. The number of rotatable bonds is 5. The predicted octanol–water partition coefficient (Wildman–Crippen LogP) is 1.78. The van der Waals surface area contributed by atoms with Crippen LogP contribution in [0.25, 0.3) is 0 Å². The quantitative estimate of drug-likeness (QED) is 0.860. The first-order valence-electron chi connectivity index (χ1n) is 8.33. The van der Waals surface area contributed by atoms with Gasteiger partial charge in [-0.3, -0.25) is 4.79 Å². The molecule has 1 aliphatic carbocycles. The molecule has 1 saturated carbocycles. The molecular formula is C16H28N6O. The second-order valence-electron chi connectivity index (χ2n) is 6.62. The molecule has 0 aliphatic heterocycles. The molecule has 1 amide bonds. The van der Waals surface area contributed by atoms with E-state index in [4.69, 9.17) is 0 Å². The summed E-state index contributed by atoms with van der Waals surface area (Å²) >= 11 is 0. The molecule has 7 heteroatoms. The van der Waals surface area contributed by atoms with Gasteiger partial charge in [0.15, 0.2) is 0 Å². The maximum atomic E-state index is 12.1. The highest BCUT2D eigenvalue weighted by molar-refractivity contribution is 5.79. The van der Waals surface area contributed by atoms with Gasteiger partial charge in [0, 0.05) is 33.1 Å². The highest BCUT2D eigenvalue weighted by atomic mass is 16.1. The summed E-state index contributed by atoms with van der Waals surface area (Å²) in [6, 6.07) is 0.0705. The fraction of sp³-hybridized carbons (Fsp3) is 0.750. The van der Waals surface area contributed by atoms with E-state index in [0.29, 0.717) is 11.9 Å². The van der Waals surface area contributed by atoms with Crippen molar-refractivity contribution in [1.82, 2.24) is 20.3 Å². The van der Waals surface area contributed by atoms with E-state index >= 15 is 0 Å². The van der Waals surface area contributed by atoms with Crippen molar-refractivity contribution in [1.29, 1.82) is 0 Å². The topological polar surface area (TPSA) is 83.0 Å². The van der Waals surface area contributed by atoms with Crippen LogP contribution in [0.3, 0.4) is 0 Å². The van der Waals surface area contributed by atoms with Crippen LogP contribution in [0.15, 0.2) is 0 Å². The Kier molecular flexibility index (Phi) is 5.74. The summed E-state index contributed by atoms with van der Waals surface area (Å²) in [5.41, 5.74) is 0. The van der Waals surface area contributed by atoms with Gasteiger partial charge in [0.2, 0.25) is 17.8 Å². The first-order chi connectivity index (χ1) is 10.9. The lowest BCUT2D eigenvalue weighted by Gasteiger charge is -2.31. The van der Waals surface area contributed by atoms with Crippen LogP contribution >= 0.6 is 0 Å². The highest BCUT2D eigenvalue weighted by Gasteiger charge is 2.31. The lowest BCUT2D eigenvalue weighted by molar-refractivity contribution is -0.125. The minimum Gasteiger partial charge on any atom is -0.359 e. The Hall–Kier alpha value is -1.92. The lowest BCUT2D eigenvalue weighted by Crippen LogP contribution is -2.42. The predicted molar refractivity (Wildman–Crippen MR) is 91.7 cm³/mol. The number of carbonyl (C=O) groups is 1. The Labute approximate surface area is 138 Å². The van der Waals surface area contributed by atoms with Crippen LogP contribution in [0.1, 0.15) is 51.3 Å². The maximum Gasteiger partial charge on any atom is 0.229 e. The Morgan fingerprint density at radius 1 is 1.17 bits per heavy atom. The Balaban J connectivity index is 2.24. The van der Waals surface area contributed by atoms with Crippen LogP contribution in [-0.2, 0) is 4.79 Å². The molecule has 1 aliphatic rings. The van der Waals surface area contributed by atoms with E-state index in [1.165, 1.54) is 0 Å². The van der Waals surface area contributed by atoms with E-state index in [0.717, 1.165) is 31.5 Å². The van der Waals surface area contributed by atoms with Crippen molar-refractivity contribution < 1.29 is 4.79 Å². The molecule has 128 valence electrons. The zero-order chi connectivity index (χ0) is 17.0. The van der Waals surface area contributed by atoms with Gasteiger partial charge in [-0.05, 0) is 12.8 Å². The molecule has 0 saturated heterocycles. The molecule has 1 aromatic heterocycles. The van der Waals surface area contributed by atoms with Gasteiger partial charge in [-0.15, -0.1) is 0 Å². The van der Waals surface area contributed by atoms with Crippen LogP contribution < -0.4 is 15.5 Å². The molecule has 7 nitrogen and oxygen atoms in total. The van der Waals surface area contributed by atoms with Crippen LogP contribution in [0.4, 0.5) is 11.9 Å². The van der Waals surface area contributed by atoms with E-state index in [9.17, 15) is 4.79 Å². The standard InChI is InChI=1S/C16H28N6O/c1-10(2)13-19-15(21-16(20-13)22(4)5)18-12-9-7-6-8-11(12)14(23)17-3/h10-12H,6-9H2,1-5H3,(H,17,23)(H,18,19,20,21).